The molecule has 13 rings (SSSR count). The lowest BCUT2D eigenvalue weighted by Crippen LogP contribution is -1.91. The average Bonchev–Trinajstić information content (AvgIpc) is 3.68. The maximum atomic E-state index is 6.61. The van der Waals surface area contributed by atoms with Crippen molar-refractivity contribution in [3.05, 3.63) is 206 Å². The van der Waals surface area contributed by atoms with E-state index in [2.05, 4.69) is 206 Å². The van der Waals surface area contributed by atoms with E-state index in [1.54, 1.807) is 0 Å². The molecule has 0 spiro atoms. The van der Waals surface area contributed by atoms with Gasteiger partial charge in [0.1, 0.15) is 11.2 Å². The second-order valence-electron chi connectivity index (χ2n) is 15.9. The topological polar surface area (TPSA) is 13.1 Å². The molecule has 0 radical (unpaired) electrons. The average molecular weight is 747 g/mol. The lowest BCUT2D eigenvalue weighted by Gasteiger charge is -2.19. The summed E-state index contributed by atoms with van der Waals surface area (Å²) >= 11 is 0. The van der Waals surface area contributed by atoms with Gasteiger partial charge < -0.3 is 4.42 Å². The van der Waals surface area contributed by atoms with Crippen molar-refractivity contribution in [3.8, 4) is 33.4 Å². The summed E-state index contributed by atoms with van der Waals surface area (Å²) in [5, 5.41) is 19.8. The Morgan fingerprint density at radius 1 is 0.237 bits per heavy atom. The summed E-state index contributed by atoms with van der Waals surface area (Å²) in [5.74, 6) is 0. The molecule has 0 aliphatic heterocycles. The van der Waals surface area contributed by atoms with Crippen molar-refractivity contribution in [1.29, 1.82) is 0 Å². The van der Waals surface area contributed by atoms with E-state index in [9.17, 15) is 0 Å². The van der Waals surface area contributed by atoms with Crippen LogP contribution in [0.1, 0.15) is 0 Å². The third kappa shape index (κ3) is 4.73. The molecule has 0 atom stereocenters. The van der Waals surface area contributed by atoms with Crippen LogP contribution in [0.5, 0.6) is 0 Å². The summed E-state index contributed by atoms with van der Waals surface area (Å²) < 4.78 is 6.61. The molecule has 12 aromatic carbocycles. The Bertz CT molecular complexity index is 3820. The van der Waals surface area contributed by atoms with Crippen LogP contribution in [0.2, 0.25) is 0 Å². The highest BCUT2D eigenvalue weighted by Gasteiger charge is 2.20. The van der Waals surface area contributed by atoms with Gasteiger partial charge in [-0.1, -0.05) is 182 Å². The van der Waals surface area contributed by atoms with Gasteiger partial charge in [-0.15, -0.1) is 0 Å². The first-order valence-electron chi connectivity index (χ1n) is 20.4. The Labute approximate surface area is 340 Å². The van der Waals surface area contributed by atoms with E-state index in [-0.39, 0.29) is 0 Å². The molecule has 1 heteroatoms. The van der Waals surface area contributed by atoms with Gasteiger partial charge in [-0.25, -0.2) is 0 Å². The lowest BCUT2D eigenvalue weighted by molar-refractivity contribution is 0.670. The Morgan fingerprint density at radius 3 is 1.39 bits per heavy atom. The molecule has 1 nitrogen and oxygen atoms in total. The minimum atomic E-state index is 0.919. The highest BCUT2D eigenvalue weighted by Crippen LogP contribution is 2.47. The highest BCUT2D eigenvalue weighted by molar-refractivity contribution is 6.31. The number of rotatable bonds is 3. The molecule has 0 bridgehead atoms. The summed E-state index contributed by atoms with van der Waals surface area (Å²) in [6.07, 6.45) is 0. The molecule has 59 heavy (non-hydrogen) atoms. The second kappa shape index (κ2) is 12.4. The molecule has 0 aliphatic rings. The zero-order valence-corrected chi connectivity index (χ0v) is 32.0. The quantitative estimate of drug-likeness (QED) is 0.130. The van der Waals surface area contributed by atoms with Crippen LogP contribution in [-0.4, -0.2) is 0 Å². The molecular formula is C58H34O. The van der Waals surface area contributed by atoms with Gasteiger partial charge >= 0.3 is 0 Å². The maximum Gasteiger partial charge on any atom is 0.136 e. The number of fused-ring (bicyclic) bond motifs is 14. The Kier molecular flexibility index (Phi) is 6.79. The molecular weight excluding hydrogens is 713 g/mol. The molecule has 1 aromatic heterocycles. The number of hydrogen-bond acceptors (Lipinski definition) is 1. The van der Waals surface area contributed by atoms with Crippen molar-refractivity contribution in [2.45, 2.75) is 0 Å². The fraction of sp³-hybridized carbons (Fsp3) is 0. The number of benzene rings is 12. The van der Waals surface area contributed by atoms with Crippen molar-refractivity contribution < 1.29 is 4.42 Å². The molecule has 0 amide bonds. The predicted octanol–water partition coefficient (Wildman–Crippen LogP) is 16.7. The third-order valence-electron chi connectivity index (χ3n) is 12.8. The van der Waals surface area contributed by atoms with E-state index in [1.807, 2.05) is 0 Å². The number of furan rings is 1. The van der Waals surface area contributed by atoms with Gasteiger partial charge in [0.2, 0.25) is 0 Å². The second-order valence-corrected chi connectivity index (χ2v) is 15.9. The number of hydrogen-bond donors (Lipinski definition) is 0. The molecule has 0 fully saturated rings. The predicted molar refractivity (Wildman–Crippen MR) is 253 cm³/mol. The van der Waals surface area contributed by atoms with E-state index in [0.29, 0.717) is 0 Å². The minimum Gasteiger partial charge on any atom is -0.456 e. The van der Waals surface area contributed by atoms with Crippen LogP contribution in [0.15, 0.2) is 211 Å². The van der Waals surface area contributed by atoms with Gasteiger partial charge in [-0.2, -0.15) is 0 Å². The Morgan fingerprint density at radius 2 is 0.712 bits per heavy atom. The highest BCUT2D eigenvalue weighted by atomic mass is 16.3. The van der Waals surface area contributed by atoms with Gasteiger partial charge in [-0.05, 0) is 133 Å². The van der Waals surface area contributed by atoms with Gasteiger partial charge in [0.25, 0.3) is 0 Å². The van der Waals surface area contributed by atoms with Crippen molar-refractivity contribution in [1.82, 2.24) is 0 Å². The lowest BCUT2D eigenvalue weighted by atomic mass is 9.84. The van der Waals surface area contributed by atoms with Crippen molar-refractivity contribution in [2.75, 3.05) is 0 Å². The largest absolute Gasteiger partial charge is 0.456 e. The fourth-order valence-electron chi connectivity index (χ4n) is 10.2. The van der Waals surface area contributed by atoms with E-state index < -0.39 is 0 Å². The summed E-state index contributed by atoms with van der Waals surface area (Å²) in [6.45, 7) is 0. The van der Waals surface area contributed by atoms with Crippen LogP contribution in [0.4, 0.5) is 0 Å². The monoisotopic (exact) mass is 746 g/mol. The molecule has 1 heterocycles. The molecule has 272 valence electrons. The normalized spacial score (nSPS) is 12.1. The van der Waals surface area contributed by atoms with Crippen LogP contribution in [0.25, 0.3) is 131 Å². The first-order valence-corrected chi connectivity index (χ1v) is 20.4. The van der Waals surface area contributed by atoms with Crippen LogP contribution < -0.4 is 0 Å². The van der Waals surface area contributed by atoms with Gasteiger partial charge in [0.05, 0.1) is 0 Å². The first kappa shape index (κ1) is 32.4. The molecule has 0 aliphatic carbocycles. The molecule has 0 N–H and O–H groups in total. The maximum absolute atomic E-state index is 6.61. The molecule has 13 aromatic rings. The molecule has 0 unspecified atom stereocenters. The standard InChI is InChI=1S/C58H34O/c1-3-15-40-35(12-1)14-11-23-41(40)37-24-26-38(27-25-37)56-46-19-7-9-21-48(46)57(49-22-10-8-20-47(49)56)39-28-30-45-50(32-39)43-17-5-6-18-44(43)51-33-53-55(34-52(45)51)59-54-31-29-36-13-2-4-16-42(36)58(53)54/h1-34H. The molecule has 0 saturated heterocycles. The van der Waals surface area contributed by atoms with Crippen LogP contribution in [0, 0.1) is 0 Å². The summed E-state index contributed by atoms with van der Waals surface area (Å²) in [7, 11) is 0. The van der Waals surface area contributed by atoms with Crippen LogP contribution in [-0.2, 0) is 0 Å². The van der Waals surface area contributed by atoms with Gasteiger partial charge in [0.15, 0.2) is 0 Å². The van der Waals surface area contributed by atoms with Crippen molar-refractivity contribution in [3.63, 3.8) is 0 Å². The fourth-order valence-corrected chi connectivity index (χ4v) is 10.2. The van der Waals surface area contributed by atoms with E-state index >= 15 is 0 Å². The summed E-state index contributed by atoms with van der Waals surface area (Å²) in [6, 6.07) is 75.9. The summed E-state index contributed by atoms with van der Waals surface area (Å²) in [4.78, 5) is 0. The zero-order valence-electron chi connectivity index (χ0n) is 32.0. The SMILES string of the molecule is c1ccc2c(-c3ccc(-c4c5ccccc5c(-c5ccc6c(c5)c5ccccc5c5cc7c(cc65)oc5ccc6ccccc6c57)c5ccccc45)cc3)cccc2c1. The third-order valence-corrected chi connectivity index (χ3v) is 12.8. The first-order chi connectivity index (χ1) is 29.3. The van der Waals surface area contributed by atoms with Gasteiger partial charge in [-0.3, -0.25) is 0 Å². The van der Waals surface area contributed by atoms with Crippen molar-refractivity contribution >= 4 is 97.3 Å². The molecule has 0 saturated carbocycles. The van der Waals surface area contributed by atoms with Crippen LogP contribution >= 0.6 is 0 Å². The smallest absolute Gasteiger partial charge is 0.136 e. The Hall–Kier alpha value is -7.74. The zero-order chi connectivity index (χ0) is 38.6. The summed E-state index contributed by atoms with van der Waals surface area (Å²) in [5.41, 5.74) is 9.28. The Balaban J connectivity index is 1.03. The van der Waals surface area contributed by atoms with E-state index in [1.165, 1.54) is 114 Å². The van der Waals surface area contributed by atoms with E-state index in [0.717, 1.165) is 16.6 Å². The van der Waals surface area contributed by atoms with Crippen molar-refractivity contribution in [2.24, 2.45) is 0 Å². The van der Waals surface area contributed by atoms with Crippen LogP contribution in [0.3, 0.4) is 0 Å². The van der Waals surface area contributed by atoms with Gasteiger partial charge in [0, 0.05) is 10.8 Å². The minimum absolute atomic E-state index is 0.919. The van der Waals surface area contributed by atoms with E-state index in [4.69, 9.17) is 4.42 Å².